The number of aliphatic hydroxyl groups is 8. The zero-order valence-corrected chi connectivity index (χ0v) is 66.3. The highest BCUT2D eigenvalue weighted by atomic mass is 16.7. The highest BCUT2D eigenvalue weighted by Gasteiger charge is 2.51. The fourth-order valence-electron chi connectivity index (χ4n) is 14.4. The van der Waals surface area contributed by atoms with Crippen LogP contribution >= 0.6 is 0 Å². The van der Waals surface area contributed by atoms with Gasteiger partial charge in [-0.25, -0.2) is 0 Å². The van der Waals surface area contributed by atoms with Gasteiger partial charge in [0.25, 0.3) is 0 Å². The molecule has 2 fully saturated rings. The predicted molar refractivity (Wildman–Crippen MR) is 429 cm³/mol. The van der Waals surface area contributed by atoms with E-state index < -0.39 is 86.8 Å². The van der Waals surface area contributed by atoms with E-state index in [9.17, 15) is 45.6 Å². The Labute approximate surface area is 631 Å². The molecule has 14 nitrogen and oxygen atoms in total. The third-order valence-corrected chi connectivity index (χ3v) is 21.2. The maximum Gasteiger partial charge on any atom is 0.220 e. The lowest BCUT2D eigenvalue weighted by atomic mass is 9.97. The van der Waals surface area contributed by atoms with E-state index in [4.69, 9.17) is 18.9 Å². The highest BCUT2D eigenvalue weighted by molar-refractivity contribution is 5.76. The number of amides is 1. The van der Waals surface area contributed by atoms with Gasteiger partial charge in [-0.1, -0.05) is 395 Å². The molecule has 2 heterocycles. The number of allylic oxidation sites excluding steroid dienone is 12. The molecule has 12 unspecified atom stereocenters. The first-order chi connectivity index (χ1) is 50.6. The molecule has 14 heteroatoms. The minimum atomic E-state index is -1.78. The molecule has 0 spiro atoms. The molecule has 103 heavy (non-hydrogen) atoms. The lowest BCUT2D eigenvalue weighted by Crippen LogP contribution is -2.65. The van der Waals surface area contributed by atoms with Crippen molar-refractivity contribution in [3.05, 3.63) is 72.9 Å². The topological polar surface area (TPSA) is 228 Å². The van der Waals surface area contributed by atoms with Gasteiger partial charge in [-0.15, -0.1) is 0 Å². The molecule has 2 rings (SSSR count). The fraction of sp³-hybridized carbons (Fsp3) is 0.854. The standard InChI is InChI=1S/C89H163NO13/c1-3-5-7-9-11-13-15-17-19-21-23-25-27-29-31-33-35-36-37-38-39-40-41-42-43-45-47-49-51-53-55-57-59-61-63-65-67-69-71-73-81(94)90-77(76-100-88-86(99)84(97)87(80(75-92)102-88)103-89-85(98)83(96)82(95)79(74-91)101-89)78(93)72-70-68-66-64-62-60-58-56-54-52-50-48-46-44-34-32-30-28-26-24-22-20-18-16-14-12-10-8-6-4-2/h5,7,11,13,17,19,23,25,29,31,35-36,77-80,82-89,91-93,95-99H,3-4,6,8-10,12,14-16,18,20-22,24,26-28,30,32-34,37-76H2,1-2H3,(H,90,94)/b7-5-,13-11-,19-17-,25-23-,31-29-,36-35-. The van der Waals surface area contributed by atoms with Gasteiger partial charge in [-0.05, 0) is 64.2 Å². The summed E-state index contributed by atoms with van der Waals surface area (Å²) in [4.78, 5) is 13.4. The molecular formula is C89H163NO13. The third-order valence-electron chi connectivity index (χ3n) is 21.2. The van der Waals surface area contributed by atoms with Gasteiger partial charge >= 0.3 is 0 Å². The summed E-state index contributed by atoms with van der Waals surface area (Å²) < 4.78 is 23.0. The van der Waals surface area contributed by atoms with E-state index in [1.54, 1.807) is 0 Å². The van der Waals surface area contributed by atoms with Crippen molar-refractivity contribution >= 4 is 5.91 Å². The second-order valence-corrected chi connectivity index (χ2v) is 30.6. The van der Waals surface area contributed by atoms with E-state index in [1.165, 1.54) is 276 Å². The molecule has 0 aromatic carbocycles. The molecule has 0 radical (unpaired) electrons. The number of rotatable bonds is 74. The molecule has 1 amide bonds. The molecule has 12 atom stereocenters. The summed E-state index contributed by atoms with van der Waals surface area (Å²) in [6, 6.07) is -0.832. The zero-order valence-electron chi connectivity index (χ0n) is 66.3. The van der Waals surface area contributed by atoms with Crippen LogP contribution in [0.2, 0.25) is 0 Å². The van der Waals surface area contributed by atoms with Crippen LogP contribution in [-0.4, -0.2) is 140 Å². The Morgan fingerprint density at radius 3 is 1.03 bits per heavy atom. The maximum absolute atomic E-state index is 13.4. The van der Waals surface area contributed by atoms with Crippen molar-refractivity contribution in [2.24, 2.45) is 0 Å². The van der Waals surface area contributed by atoms with Gasteiger partial charge in [0.05, 0.1) is 32.0 Å². The molecule has 0 bridgehead atoms. The summed E-state index contributed by atoms with van der Waals surface area (Å²) in [5, 5.41) is 88.0. The second kappa shape index (κ2) is 72.3. The van der Waals surface area contributed by atoms with Gasteiger partial charge < -0.3 is 65.1 Å². The van der Waals surface area contributed by atoms with Crippen molar-refractivity contribution in [3.63, 3.8) is 0 Å². The van der Waals surface area contributed by atoms with Crippen LogP contribution in [0.4, 0.5) is 0 Å². The van der Waals surface area contributed by atoms with E-state index >= 15 is 0 Å². The molecule has 9 N–H and O–H groups in total. The fourth-order valence-corrected chi connectivity index (χ4v) is 14.4. The van der Waals surface area contributed by atoms with Crippen LogP contribution in [0.25, 0.3) is 0 Å². The van der Waals surface area contributed by atoms with Crippen LogP contribution < -0.4 is 5.32 Å². The first kappa shape index (κ1) is 96.5. The van der Waals surface area contributed by atoms with Gasteiger partial charge in [-0.3, -0.25) is 4.79 Å². The van der Waals surface area contributed by atoms with Crippen molar-refractivity contribution in [2.45, 2.75) is 466 Å². The molecule has 0 aromatic heterocycles. The number of carbonyl (C=O) groups is 1. The van der Waals surface area contributed by atoms with E-state index in [2.05, 4.69) is 92.1 Å². The number of ether oxygens (including phenoxy) is 4. The lowest BCUT2D eigenvalue weighted by Gasteiger charge is -2.46. The largest absolute Gasteiger partial charge is 0.394 e. The predicted octanol–water partition coefficient (Wildman–Crippen LogP) is 20.9. The van der Waals surface area contributed by atoms with Gasteiger partial charge in [0.15, 0.2) is 12.6 Å². The van der Waals surface area contributed by atoms with E-state index in [1.807, 2.05) is 0 Å². The van der Waals surface area contributed by atoms with Crippen LogP contribution in [0.15, 0.2) is 72.9 Å². The van der Waals surface area contributed by atoms with Crippen molar-refractivity contribution in [3.8, 4) is 0 Å². The number of carbonyl (C=O) groups excluding carboxylic acids is 1. The number of unbranched alkanes of at least 4 members (excludes halogenated alkanes) is 49. The number of hydrogen-bond donors (Lipinski definition) is 9. The minimum Gasteiger partial charge on any atom is -0.394 e. The quantitative estimate of drug-likeness (QED) is 0.0204. The normalized spacial score (nSPS) is 21.9. The summed E-state index contributed by atoms with van der Waals surface area (Å²) in [7, 11) is 0. The van der Waals surface area contributed by atoms with Crippen molar-refractivity contribution in [1.82, 2.24) is 5.32 Å². The van der Waals surface area contributed by atoms with Gasteiger partial charge in [0.2, 0.25) is 5.91 Å². The van der Waals surface area contributed by atoms with Crippen LogP contribution in [0.5, 0.6) is 0 Å². The molecule has 0 aliphatic carbocycles. The monoisotopic (exact) mass is 1450 g/mol. The Balaban J connectivity index is 1.56. The van der Waals surface area contributed by atoms with Crippen molar-refractivity contribution in [1.29, 1.82) is 0 Å². The van der Waals surface area contributed by atoms with E-state index in [0.29, 0.717) is 12.8 Å². The Morgan fingerprint density at radius 1 is 0.359 bits per heavy atom. The molecule has 602 valence electrons. The maximum atomic E-state index is 13.4. The zero-order chi connectivity index (χ0) is 74.4. The van der Waals surface area contributed by atoms with E-state index in [-0.39, 0.29) is 12.5 Å². The Kier molecular flexibility index (Phi) is 67.7. The Bertz CT molecular complexity index is 2010. The average Bonchev–Trinajstić information content (AvgIpc) is 0.791. The smallest absolute Gasteiger partial charge is 0.220 e. The average molecular weight is 1460 g/mol. The molecule has 0 aromatic rings. The van der Waals surface area contributed by atoms with E-state index in [0.717, 1.165) is 89.9 Å². The van der Waals surface area contributed by atoms with Gasteiger partial charge in [-0.2, -0.15) is 0 Å². The second-order valence-electron chi connectivity index (χ2n) is 30.6. The third kappa shape index (κ3) is 54.6. The SMILES string of the molecule is CC/C=C\C/C=C\C/C=C\C/C=C\C/C=C\C/C=C\CCCCCCCCCCCCCCCCCCCCCCC(=O)NC(COC1OC(CO)C(OC2OC(CO)C(O)C(O)C2O)C(O)C1O)C(O)CCCCCCCCCCCCCCCCCCCCCCCCCCCCCCCC. The van der Waals surface area contributed by atoms with Crippen LogP contribution in [-0.2, 0) is 23.7 Å². The first-order valence-electron chi connectivity index (χ1n) is 43.7. The number of nitrogens with one attached hydrogen (secondary N) is 1. The molecule has 2 aliphatic heterocycles. The first-order valence-corrected chi connectivity index (χ1v) is 43.7. The molecule has 2 saturated heterocycles. The minimum absolute atomic E-state index is 0.200. The highest BCUT2D eigenvalue weighted by Crippen LogP contribution is 2.31. The Hall–Kier alpha value is -2.57. The lowest BCUT2D eigenvalue weighted by molar-refractivity contribution is -0.359. The summed E-state index contributed by atoms with van der Waals surface area (Å²) in [6.45, 7) is 2.81. The summed E-state index contributed by atoms with van der Waals surface area (Å²) >= 11 is 0. The molecule has 2 aliphatic rings. The van der Waals surface area contributed by atoms with Crippen LogP contribution in [0.3, 0.4) is 0 Å². The van der Waals surface area contributed by atoms with Gasteiger partial charge in [0.1, 0.15) is 48.8 Å². The number of hydrogen-bond acceptors (Lipinski definition) is 13. The van der Waals surface area contributed by atoms with Crippen molar-refractivity contribution in [2.75, 3.05) is 19.8 Å². The summed E-state index contributed by atoms with van der Waals surface area (Å²) in [5.74, 6) is -0.200. The van der Waals surface area contributed by atoms with Gasteiger partial charge in [0, 0.05) is 6.42 Å². The van der Waals surface area contributed by atoms with Crippen molar-refractivity contribution < 1.29 is 64.6 Å². The molecular weight excluding hydrogens is 1290 g/mol. The number of aliphatic hydroxyl groups excluding tert-OH is 8. The summed E-state index contributed by atoms with van der Waals surface area (Å²) in [5.41, 5.74) is 0. The van der Waals surface area contributed by atoms with Crippen LogP contribution in [0.1, 0.15) is 393 Å². The Morgan fingerprint density at radius 2 is 0.670 bits per heavy atom. The molecule has 0 saturated carbocycles. The van der Waals surface area contributed by atoms with Crippen LogP contribution in [0, 0.1) is 0 Å². The summed E-state index contributed by atoms with van der Waals surface area (Å²) in [6.07, 6.45) is 83.9.